The minimum atomic E-state index is 0.0521. The molecule has 0 unspecified atom stereocenters. The van der Waals surface area contributed by atoms with Crippen molar-refractivity contribution < 1.29 is 9.84 Å². The first-order valence-electron chi connectivity index (χ1n) is 3.85. The van der Waals surface area contributed by atoms with Crippen molar-refractivity contribution in [2.24, 2.45) is 11.3 Å². The van der Waals surface area contributed by atoms with Crippen LogP contribution in [0.25, 0.3) is 0 Å². The topological polar surface area (TPSA) is 29.5 Å². The van der Waals surface area contributed by atoms with Crippen molar-refractivity contribution in [2.45, 2.75) is 20.3 Å². The van der Waals surface area contributed by atoms with Crippen molar-refractivity contribution >= 4 is 0 Å². The molecule has 1 rings (SSSR count). The van der Waals surface area contributed by atoms with Gasteiger partial charge in [0, 0.05) is 13.2 Å². The van der Waals surface area contributed by atoms with Gasteiger partial charge in [0.05, 0.1) is 6.61 Å². The minimum Gasteiger partial charge on any atom is -0.396 e. The molecule has 1 heterocycles. The molecular formula is C8H16O2. The van der Waals surface area contributed by atoms with Gasteiger partial charge in [-0.2, -0.15) is 0 Å². The quantitative estimate of drug-likeness (QED) is 0.627. The Kier molecular flexibility index (Phi) is 2.32. The molecule has 0 radical (unpaired) electrons. The van der Waals surface area contributed by atoms with Gasteiger partial charge < -0.3 is 9.84 Å². The first-order valence-corrected chi connectivity index (χ1v) is 3.85. The highest BCUT2D eigenvalue weighted by Gasteiger charge is 2.31. The van der Waals surface area contributed by atoms with E-state index in [1.54, 1.807) is 0 Å². The van der Waals surface area contributed by atoms with Crippen LogP contribution in [0.4, 0.5) is 0 Å². The Balaban J connectivity index is 2.45. The summed E-state index contributed by atoms with van der Waals surface area (Å²) in [5, 5.41) is 9.00. The third-order valence-corrected chi connectivity index (χ3v) is 2.44. The van der Waals surface area contributed by atoms with E-state index in [2.05, 4.69) is 13.8 Å². The van der Waals surface area contributed by atoms with E-state index in [0.29, 0.717) is 5.92 Å². The fourth-order valence-electron chi connectivity index (χ4n) is 1.28. The second kappa shape index (κ2) is 2.89. The Bertz CT molecular complexity index is 104. The molecule has 0 aromatic carbocycles. The predicted molar refractivity (Wildman–Crippen MR) is 39.8 cm³/mol. The van der Waals surface area contributed by atoms with E-state index in [9.17, 15) is 0 Å². The number of hydrogen-bond acceptors (Lipinski definition) is 2. The smallest absolute Gasteiger partial charge is 0.0501 e. The number of hydrogen-bond donors (Lipinski definition) is 1. The lowest BCUT2D eigenvalue weighted by atomic mass is 9.79. The van der Waals surface area contributed by atoms with E-state index in [-0.39, 0.29) is 12.0 Å². The maximum absolute atomic E-state index is 9.00. The molecule has 0 aliphatic carbocycles. The largest absolute Gasteiger partial charge is 0.396 e. The van der Waals surface area contributed by atoms with Crippen molar-refractivity contribution in [3.8, 4) is 0 Å². The summed E-state index contributed by atoms with van der Waals surface area (Å²) in [5.41, 5.74) is 0.0521. The van der Waals surface area contributed by atoms with Crippen LogP contribution in [0.5, 0.6) is 0 Å². The monoisotopic (exact) mass is 144 g/mol. The number of rotatable bonds is 2. The Morgan fingerprint density at radius 3 is 2.70 bits per heavy atom. The zero-order valence-corrected chi connectivity index (χ0v) is 6.76. The van der Waals surface area contributed by atoms with Crippen molar-refractivity contribution in [2.75, 3.05) is 19.8 Å². The molecule has 0 saturated carbocycles. The molecule has 0 aromatic rings. The van der Waals surface area contributed by atoms with Crippen LogP contribution in [0, 0.1) is 11.3 Å². The van der Waals surface area contributed by atoms with Crippen molar-refractivity contribution in [3.63, 3.8) is 0 Å². The van der Waals surface area contributed by atoms with Crippen molar-refractivity contribution in [1.29, 1.82) is 0 Å². The molecule has 0 bridgehead atoms. The van der Waals surface area contributed by atoms with Gasteiger partial charge >= 0.3 is 0 Å². The second-order valence-electron chi connectivity index (χ2n) is 3.71. The summed E-state index contributed by atoms with van der Waals surface area (Å²) in [6.45, 7) is 6.14. The fraction of sp³-hybridized carbons (Fsp3) is 1.00. The third kappa shape index (κ3) is 1.50. The average molecular weight is 144 g/mol. The molecular weight excluding hydrogens is 128 g/mol. The summed E-state index contributed by atoms with van der Waals surface area (Å²) in [6.07, 6.45) is 1.10. The summed E-state index contributed by atoms with van der Waals surface area (Å²) < 4.78 is 5.23. The van der Waals surface area contributed by atoms with Crippen LogP contribution in [-0.2, 0) is 4.74 Å². The highest BCUT2D eigenvalue weighted by atomic mass is 16.5. The summed E-state index contributed by atoms with van der Waals surface area (Å²) in [7, 11) is 0. The lowest BCUT2D eigenvalue weighted by molar-refractivity contribution is 0.0816. The van der Waals surface area contributed by atoms with E-state index >= 15 is 0 Å². The van der Waals surface area contributed by atoms with Gasteiger partial charge in [0.1, 0.15) is 0 Å². The van der Waals surface area contributed by atoms with Crippen LogP contribution in [0.1, 0.15) is 20.3 Å². The van der Waals surface area contributed by atoms with Crippen LogP contribution in [-0.4, -0.2) is 24.9 Å². The Labute approximate surface area is 62.2 Å². The molecule has 2 nitrogen and oxygen atoms in total. The van der Waals surface area contributed by atoms with Gasteiger partial charge in [0.2, 0.25) is 0 Å². The standard InChI is InChI=1S/C8H16O2/c1-8(2,6-9)7-3-4-10-5-7/h7,9H,3-6H2,1-2H3/t7-/m0/s1. The molecule has 1 aliphatic heterocycles. The molecule has 1 atom stereocenters. The minimum absolute atomic E-state index is 0.0521. The van der Waals surface area contributed by atoms with Crippen molar-refractivity contribution in [1.82, 2.24) is 0 Å². The Morgan fingerprint density at radius 1 is 1.60 bits per heavy atom. The maximum atomic E-state index is 9.00. The van der Waals surface area contributed by atoms with Gasteiger partial charge in [-0.1, -0.05) is 13.8 Å². The zero-order valence-electron chi connectivity index (χ0n) is 6.76. The first-order chi connectivity index (χ1) is 4.67. The number of aliphatic hydroxyl groups excluding tert-OH is 1. The molecule has 0 aromatic heterocycles. The third-order valence-electron chi connectivity index (χ3n) is 2.44. The number of aliphatic hydroxyl groups is 1. The van der Waals surface area contributed by atoms with Gasteiger partial charge in [-0.3, -0.25) is 0 Å². The maximum Gasteiger partial charge on any atom is 0.0501 e. The van der Waals surface area contributed by atoms with Crippen molar-refractivity contribution in [3.05, 3.63) is 0 Å². The molecule has 0 spiro atoms. The Morgan fingerprint density at radius 2 is 2.30 bits per heavy atom. The van der Waals surface area contributed by atoms with Crippen LogP contribution in [0.3, 0.4) is 0 Å². The molecule has 0 amide bonds. The normalized spacial score (nSPS) is 27.3. The van der Waals surface area contributed by atoms with Crippen LogP contribution < -0.4 is 0 Å². The summed E-state index contributed by atoms with van der Waals surface area (Å²) in [6, 6.07) is 0. The van der Waals surface area contributed by atoms with E-state index in [4.69, 9.17) is 9.84 Å². The lowest BCUT2D eigenvalue weighted by Gasteiger charge is -2.27. The van der Waals surface area contributed by atoms with E-state index < -0.39 is 0 Å². The van der Waals surface area contributed by atoms with Gasteiger partial charge in [0.25, 0.3) is 0 Å². The highest BCUT2D eigenvalue weighted by Crippen LogP contribution is 2.32. The number of ether oxygens (including phenoxy) is 1. The summed E-state index contributed by atoms with van der Waals surface area (Å²) in [5.74, 6) is 0.553. The molecule has 10 heavy (non-hydrogen) atoms. The fourth-order valence-corrected chi connectivity index (χ4v) is 1.28. The molecule has 1 N–H and O–H groups in total. The summed E-state index contributed by atoms with van der Waals surface area (Å²) >= 11 is 0. The highest BCUT2D eigenvalue weighted by molar-refractivity contribution is 4.80. The Hall–Kier alpha value is -0.0800. The molecule has 1 aliphatic rings. The van der Waals surface area contributed by atoms with Gasteiger partial charge in [0.15, 0.2) is 0 Å². The second-order valence-corrected chi connectivity index (χ2v) is 3.71. The summed E-state index contributed by atoms with van der Waals surface area (Å²) in [4.78, 5) is 0. The molecule has 2 heteroatoms. The van der Waals surface area contributed by atoms with Gasteiger partial charge in [-0.15, -0.1) is 0 Å². The zero-order chi connectivity index (χ0) is 7.61. The SMILES string of the molecule is CC(C)(CO)[C@H]1CCOC1. The van der Waals surface area contributed by atoms with Crippen LogP contribution in [0.2, 0.25) is 0 Å². The predicted octanol–water partition coefficient (Wildman–Crippen LogP) is 1.04. The van der Waals surface area contributed by atoms with E-state index in [1.807, 2.05) is 0 Å². The van der Waals surface area contributed by atoms with E-state index in [0.717, 1.165) is 19.6 Å². The average Bonchev–Trinajstić information content (AvgIpc) is 2.38. The van der Waals surface area contributed by atoms with E-state index in [1.165, 1.54) is 0 Å². The van der Waals surface area contributed by atoms with Gasteiger partial charge in [-0.25, -0.2) is 0 Å². The van der Waals surface area contributed by atoms with Gasteiger partial charge in [-0.05, 0) is 17.8 Å². The first kappa shape index (κ1) is 8.02. The van der Waals surface area contributed by atoms with Crippen LogP contribution >= 0.6 is 0 Å². The lowest BCUT2D eigenvalue weighted by Crippen LogP contribution is -2.28. The molecule has 1 fully saturated rings. The molecule has 1 saturated heterocycles. The van der Waals surface area contributed by atoms with Crippen LogP contribution in [0.15, 0.2) is 0 Å². The molecule has 60 valence electrons.